The van der Waals surface area contributed by atoms with Crippen LogP contribution < -0.4 is 14.4 Å². The minimum Gasteiger partial charge on any atom is -0.496 e. The maximum atomic E-state index is 13.9. The first-order valence-electron chi connectivity index (χ1n) is 8.81. The molecular formula is C21H23FN2O3. The van der Waals surface area contributed by atoms with E-state index in [1.165, 1.54) is 12.1 Å². The van der Waals surface area contributed by atoms with Crippen LogP contribution in [0.2, 0.25) is 0 Å². The van der Waals surface area contributed by atoms with E-state index in [4.69, 9.17) is 9.47 Å². The molecule has 1 saturated heterocycles. The van der Waals surface area contributed by atoms with E-state index >= 15 is 0 Å². The average Bonchev–Trinajstić information content (AvgIpc) is 2.72. The van der Waals surface area contributed by atoms with Gasteiger partial charge < -0.3 is 19.3 Å². The molecule has 5 nitrogen and oxygen atoms in total. The Morgan fingerprint density at radius 1 is 0.963 bits per heavy atom. The van der Waals surface area contributed by atoms with E-state index in [0.29, 0.717) is 43.4 Å². The van der Waals surface area contributed by atoms with Crippen molar-refractivity contribution in [2.75, 3.05) is 45.3 Å². The van der Waals surface area contributed by atoms with Gasteiger partial charge in [0.15, 0.2) is 0 Å². The number of rotatable bonds is 5. The van der Waals surface area contributed by atoms with E-state index in [-0.39, 0.29) is 11.7 Å². The maximum absolute atomic E-state index is 13.9. The summed E-state index contributed by atoms with van der Waals surface area (Å²) in [6, 6.07) is 12.2. The van der Waals surface area contributed by atoms with Crippen molar-refractivity contribution >= 4 is 17.7 Å². The SMILES string of the molecule is COc1cccc(OC)c1C=CC(=O)N1CCN(c2ccccc2F)CC1. The number of carbonyl (C=O) groups excluding carboxylic acids is 1. The van der Waals surface area contributed by atoms with Crippen molar-refractivity contribution in [2.45, 2.75) is 0 Å². The summed E-state index contributed by atoms with van der Waals surface area (Å²) in [5, 5.41) is 0. The Morgan fingerprint density at radius 3 is 2.19 bits per heavy atom. The molecule has 0 aliphatic carbocycles. The van der Waals surface area contributed by atoms with Crippen LogP contribution in [0.4, 0.5) is 10.1 Å². The number of benzene rings is 2. The molecule has 142 valence electrons. The van der Waals surface area contributed by atoms with Crippen molar-refractivity contribution in [1.82, 2.24) is 4.90 Å². The Balaban J connectivity index is 1.65. The Kier molecular flexibility index (Phi) is 5.96. The van der Waals surface area contributed by atoms with Crippen molar-refractivity contribution in [2.24, 2.45) is 0 Å². The van der Waals surface area contributed by atoms with E-state index in [0.717, 1.165) is 5.56 Å². The van der Waals surface area contributed by atoms with E-state index in [2.05, 4.69) is 0 Å². The molecule has 0 saturated carbocycles. The van der Waals surface area contributed by atoms with E-state index in [9.17, 15) is 9.18 Å². The molecule has 27 heavy (non-hydrogen) atoms. The van der Waals surface area contributed by atoms with Crippen LogP contribution in [0.15, 0.2) is 48.5 Å². The minimum absolute atomic E-state index is 0.0869. The lowest BCUT2D eigenvalue weighted by molar-refractivity contribution is -0.126. The van der Waals surface area contributed by atoms with Crippen LogP contribution in [0.1, 0.15) is 5.56 Å². The smallest absolute Gasteiger partial charge is 0.246 e. The average molecular weight is 370 g/mol. The Labute approximate surface area is 158 Å². The number of nitrogens with zero attached hydrogens (tertiary/aromatic N) is 2. The van der Waals surface area contributed by atoms with E-state index < -0.39 is 0 Å². The van der Waals surface area contributed by atoms with Gasteiger partial charge in [-0.2, -0.15) is 0 Å². The molecule has 0 N–H and O–H groups in total. The van der Waals surface area contributed by atoms with Crippen LogP contribution in [-0.4, -0.2) is 51.2 Å². The number of para-hydroxylation sites is 1. The van der Waals surface area contributed by atoms with Gasteiger partial charge in [0.25, 0.3) is 0 Å². The fourth-order valence-electron chi connectivity index (χ4n) is 3.18. The largest absolute Gasteiger partial charge is 0.496 e. The summed E-state index contributed by atoms with van der Waals surface area (Å²) < 4.78 is 24.6. The number of anilines is 1. The van der Waals surface area contributed by atoms with Gasteiger partial charge >= 0.3 is 0 Å². The van der Waals surface area contributed by atoms with E-state index in [1.54, 1.807) is 37.3 Å². The molecule has 1 heterocycles. The summed E-state index contributed by atoms with van der Waals surface area (Å²) in [5.41, 5.74) is 1.31. The van der Waals surface area contributed by atoms with Gasteiger partial charge in [-0.1, -0.05) is 18.2 Å². The first-order valence-corrected chi connectivity index (χ1v) is 8.81. The summed E-state index contributed by atoms with van der Waals surface area (Å²) in [6.45, 7) is 2.28. The highest BCUT2D eigenvalue weighted by Gasteiger charge is 2.21. The molecule has 0 radical (unpaired) electrons. The lowest BCUT2D eigenvalue weighted by Gasteiger charge is -2.35. The second-order valence-electron chi connectivity index (χ2n) is 6.17. The van der Waals surface area contributed by atoms with Crippen molar-refractivity contribution in [3.63, 3.8) is 0 Å². The standard InChI is InChI=1S/C21H23FN2O3/c1-26-19-8-5-9-20(27-2)16(19)10-11-21(25)24-14-12-23(13-15-24)18-7-4-3-6-17(18)22/h3-11H,12-15H2,1-2H3. The van der Waals surface area contributed by atoms with Gasteiger partial charge in [-0.3, -0.25) is 4.79 Å². The Hall–Kier alpha value is -3.02. The summed E-state index contributed by atoms with van der Waals surface area (Å²) in [4.78, 5) is 16.3. The molecule has 0 spiro atoms. The minimum atomic E-state index is -0.236. The second kappa shape index (κ2) is 8.58. The lowest BCUT2D eigenvalue weighted by atomic mass is 10.1. The Bertz CT molecular complexity index is 808. The highest BCUT2D eigenvalue weighted by atomic mass is 19.1. The molecule has 2 aromatic carbocycles. The third kappa shape index (κ3) is 4.22. The molecule has 6 heteroatoms. The van der Waals surface area contributed by atoms with Crippen LogP contribution in [0, 0.1) is 5.82 Å². The summed E-state index contributed by atoms with van der Waals surface area (Å²) in [7, 11) is 3.16. The second-order valence-corrected chi connectivity index (χ2v) is 6.17. The molecule has 2 aromatic rings. The van der Waals surface area contributed by atoms with Crippen molar-refractivity contribution in [1.29, 1.82) is 0 Å². The fourth-order valence-corrected chi connectivity index (χ4v) is 3.18. The number of piperazine rings is 1. The molecule has 0 bridgehead atoms. The molecule has 0 atom stereocenters. The number of halogens is 1. The van der Waals surface area contributed by atoms with Crippen molar-refractivity contribution in [3.8, 4) is 11.5 Å². The first-order chi connectivity index (χ1) is 13.1. The summed E-state index contributed by atoms with van der Waals surface area (Å²) in [5.74, 6) is 0.960. The number of ether oxygens (including phenoxy) is 2. The van der Waals surface area contributed by atoms with Gasteiger partial charge in [-0.15, -0.1) is 0 Å². The molecule has 1 aliphatic rings. The number of amides is 1. The molecule has 3 rings (SSSR count). The quantitative estimate of drug-likeness (QED) is 0.758. The molecule has 0 aromatic heterocycles. The molecule has 1 fully saturated rings. The highest BCUT2D eigenvalue weighted by molar-refractivity contribution is 5.92. The predicted molar refractivity (Wildman–Crippen MR) is 104 cm³/mol. The third-order valence-electron chi connectivity index (χ3n) is 4.64. The molecule has 1 aliphatic heterocycles. The zero-order chi connectivity index (χ0) is 19.2. The fraction of sp³-hybridized carbons (Fsp3) is 0.286. The van der Waals surface area contributed by atoms with Gasteiger partial charge in [-0.25, -0.2) is 4.39 Å². The van der Waals surface area contributed by atoms with Crippen LogP contribution >= 0.6 is 0 Å². The molecule has 0 unspecified atom stereocenters. The zero-order valence-electron chi connectivity index (χ0n) is 15.5. The van der Waals surface area contributed by atoms with Crippen LogP contribution in [0.25, 0.3) is 6.08 Å². The van der Waals surface area contributed by atoms with E-state index in [1.807, 2.05) is 29.2 Å². The summed E-state index contributed by atoms with van der Waals surface area (Å²) >= 11 is 0. The summed E-state index contributed by atoms with van der Waals surface area (Å²) in [6.07, 6.45) is 3.24. The highest BCUT2D eigenvalue weighted by Crippen LogP contribution is 2.29. The Morgan fingerprint density at radius 2 is 1.59 bits per heavy atom. The van der Waals surface area contributed by atoms with Gasteiger partial charge in [0.1, 0.15) is 17.3 Å². The number of carbonyl (C=O) groups is 1. The normalized spacial score (nSPS) is 14.5. The number of hydrogen-bond acceptors (Lipinski definition) is 4. The maximum Gasteiger partial charge on any atom is 0.246 e. The van der Waals surface area contributed by atoms with Crippen LogP contribution in [-0.2, 0) is 4.79 Å². The molecule has 1 amide bonds. The van der Waals surface area contributed by atoms with Gasteiger partial charge in [-0.05, 0) is 30.3 Å². The van der Waals surface area contributed by atoms with Crippen LogP contribution in [0.5, 0.6) is 11.5 Å². The van der Waals surface area contributed by atoms with Gasteiger partial charge in [0.05, 0.1) is 25.5 Å². The van der Waals surface area contributed by atoms with Crippen molar-refractivity contribution < 1.29 is 18.7 Å². The first kappa shape index (κ1) is 18.8. The number of methoxy groups -OCH3 is 2. The molecular weight excluding hydrogens is 347 g/mol. The van der Waals surface area contributed by atoms with Gasteiger partial charge in [0.2, 0.25) is 5.91 Å². The predicted octanol–water partition coefficient (Wildman–Crippen LogP) is 3.20. The number of hydrogen-bond donors (Lipinski definition) is 0. The lowest BCUT2D eigenvalue weighted by Crippen LogP contribution is -2.48. The third-order valence-corrected chi connectivity index (χ3v) is 4.64. The topological polar surface area (TPSA) is 42.0 Å². The zero-order valence-corrected chi connectivity index (χ0v) is 15.5. The van der Waals surface area contributed by atoms with Crippen LogP contribution in [0.3, 0.4) is 0 Å². The monoisotopic (exact) mass is 370 g/mol. The van der Waals surface area contributed by atoms with Crippen molar-refractivity contribution in [3.05, 3.63) is 59.9 Å². The van der Waals surface area contributed by atoms with Gasteiger partial charge in [0, 0.05) is 32.3 Å².